The molecule has 0 N–H and O–H groups in total. The van der Waals surface area contributed by atoms with E-state index in [9.17, 15) is 0 Å². The van der Waals surface area contributed by atoms with Crippen LogP contribution in [0.15, 0.2) is 96.4 Å². The summed E-state index contributed by atoms with van der Waals surface area (Å²) in [4.78, 5) is 6.16. The molecule has 0 amide bonds. The standard InChI is InChI=1S/C26H26N2OS/c1-2-11-21-12-6-9-17-25(21)29-19-10-18-28-24-16-8-7-15-23(24)27-26(28)20-30-22-13-4-3-5-14-22/h2-9,12-17H,1,10-11,18-20H2. The summed E-state index contributed by atoms with van der Waals surface area (Å²) in [7, 11) is 0. The molecule has 0 fully saturated rings. The summed E-state index contributed by atoms with van der Waals surface area (Å²) in [6.45, 7) is 5.39. The average molecular weight is 415 g/mol. The number of rotatable bonds is 10. The molecule has 0 radical (unpaired) electrons. The monoisotopic (exact) mass is 414 g/mol. The van der Waals surface area contributed by atoms with Gasteiger partial charge in [0.2, 0.25) is 0 Å². The minimum atomic E-state index is 0.673. The predicted octanol–water partition coefficient (Wildman–Crippen LogP) is 6.53. The van der Waals surface area contributed by atoms with Crippen molar-refractivity contribution in [1.82, 2.24) is 9.55 Å². The first-order valence-electron chi connectivity index (χ1n) is 10.3. The van der Waals surface area contributed by atoms with Gasteiger partial charge in [0.15, 0.2) is 0 Å². The van der Waals surface area contributed by atoms with Crippen LogP contribution in [0.5, 0.6) is 5.75 Å². The molecule has 0 atom stereocenters. The van der Waals surface area contributed by atoms with Gasteiger partial charge in [-0.25, -0.2) is 4.98 Å². The van der Waals surface area contributed by atoms with E-state index in [0.29, 0.717) is 6.61 Å². The van der Waals surface area contributed by atoms with Crippen molar-refractivity contribution in [2.75, 3.05) is 6.61 Å². The van der Waals surface area contributed by atoms with Gasteiger partial charge in [-0.15, -0.1) is 18.3 Å². The molecule has 0 saturated heterocycles. The van der Waals surface area contributed by atoms with Crippen LogP contribution in [0, 0.1) is 0 Å². The Morgan fingerprint density at radius 3 is 2.57 bits per heavy atom. The zero-order valence-electron chi connectivity index (χ0n) is 17.0. The van der Waals surface area contributed by atoms with Crippen molar-refractivity contribution >= 4 is 22.8 Å². The second-order valence-corrected chi connectivity index (χ2v) is 8.12. The number of hydrogen-bond acceptors (Lipinski definition) is 3. The quantitative estimate of drug-likeness (QED) is 0.168. The first-order chi connectivity index (χ1) is 14.8. The van der Waals surface area contributed by atoms with Crippen LogP contribution < -0.4 is 4.74 Å². The van der Waals surface area contributed by atoms with Gasteiger partial charge in [-0.05, 0) is 48.7 Å². The molecular weight excluding hydrogens is 388 g/mol. The molecule has 1 aromatic heterocycles. The average Bonchev–Trinajstić information content (AvgIpc) is 3.15. The molecule has 4 heteroatoms. The molecule has 1 heterocycles. The van der Waals surface area contributed by atoms with Gasteiger partial charge >= 0.3 is 0 Å². The van der Waals surface area contributed by atoms with Crippen LogP contribution in [0.1, 0.15) is 17.8 Å². The largest absolute Gasteiger partial charge is 0.493 e. The molecule has 0 aliphatic rings. The number of benzene rings is 3. The summed E-state index contributed by atoms with van der Waals surface area (Å²) >= 11 is 1.82. The zero-order valence-corrected chi connectivity index (χ0v) is 17.9. The van der Waals surface area contributed by atoms with Crippen LogP contribution in [-0.2, 0) is 18.7 Å². The Bertz CT molecular complexity index is 1100. The van der Waals surface area contributed by atoms with Gasteiger partial charge in [-0.1, -0.05) is 54.6 Å². The Morgan fingerprint density at radius 2 is 1.70 bits per heavy atom. The molecule has 4 rings (SSSR count). The highest BCUT2D eigenvalue weighted by Crippen LogP contribution is 2.25. The number of ether oxygens (including phenoxy) is 1. The molecule has 0 saturated carbocycles. The molecule has 152 valence electrons. The van der Waals surface area contributed by atoms with E-state index >= 15 is 0 Å². The van der Waals surface area contributed by atoms with Crippen LogP contribution in [0.3, 0.4) is 0 Å². The lowest BCUT2D eigenvalue weighted by Gasteiger charge is -2.12. The van der Waals surface area contributed by atoms with E-state index in [1.54, 1.807) is 0 Å². The number of fused-ring (bicyclic) bond motifs is 1. The van der Waals surface area contributed by atoms with Gasteiger partial charge in [0.05, 0.1) is 23.4 Å². The molecule has 0 bridgehead atoms. The maximum atomic E-state index is 6.08. The first kappa shape index (κ1) is 20.3. The third kappa shape index (κ3) is 4.95. The van der Waals surface area contributed by atoms with E-state index in [4.69, 9.17) is 9.72 Å². The van der Waals surface area contributed by atoms with Crippen molar-refractivity contribution in [2.45, 2.75) is 30.0 Å². The van der Waals surface area contributed by atoms with Gasteiger partial charge in [-0.2, -0.15) is 0 Å². The summed E-state index contributed by atoms with van der Waals surface area (Å²) in [6, 6.07) is 27.1. The number of imidazole rings is 1. The molecule has 0 spiro atoms. The van der Waals surface area contributed by atoms with Gasteiger partial charge in [0.25, 0.3) is 0 Å². The number of nitrogens with zero attached hydrogens (tertiary/aromatic N) is 2. The van der Waals surface area contributed by atoms with Crippen LogP contribution in [0.25, 0.3) is 11.0 Å². The molecule has 3 nitrogen and oxygen atoms in total. The second-order valence-electron chi connectivity index (χ2n) is 7.07. The second kappa shape index (κ2) is 10.2. The zero-order chi connectivity index (χ0) is 20.6. The Morgan fingerprint density at radius 1 is 0.933 bits per heavy atom. The molecule has 4 aromatic rings. The maximum absolute atomic E-state index is 6.08. The van der Waals surface area contributed by atoms with Crippen molar-refractivity contribution in [3.05, 3.63) is 103 Å². The highest BCUT2D eigenvalue weighted by molar-refractivity contribution is 7.98. The third-order valence-corrected chi connectivity index (χ3v) is 5.97. The highest BCUT2D eigenvalue weighted by Gasteiger charge is 2.11. The van der Waals surface area contributed by atoms with Crippen molar-refractivity contribution in [3.8, 4) is 5.75 Å². The topological polar surface area (TPSA) is 27.1 Å². The molecule has 0 aliphatic carbocycles. The predicted molar refractivity (Wildman–Crippen MR) is 126 cm³/mol. The Kier molecular flexibility index (Phi) is 6.88. The van der Waals surface area contributed by atoms with Crippen molar-refractivity contribution < 1.29 is 4.74 Å². The SMILES string of the molecule is C=CCc1ccccc1OCCCn1c(CSc2ccccc2)nc2ccccc21. The van der Waals surface area contributed by atoms with E-state index in [1.165, 1.54) is 16.0 Å². The fourth-order valence-electron chi connectivity index (χ4n) is 3.52. The van der Waals surface area contributed by atoms with E-state index in [1.807, 2.05) is 48.2 Å². The van der Waals surface area contributed by atoms with E-state index < -0.39 is 0 Å². The summed E-state index contributed by atoms with van der Waals surface area (Å²) in [5.41, 5.74) is 3.42. The van der Waals surface area contributed by atoms with Crippen molar-refractivity contribution in [2.24, 2.45) is 0 Å². The van der Waals surface area contributed by atoms with E-state index in [2.05, 4.69) is 59.7 Å². The number of hydrogen-bond donors (Lipinski definition) is 0. The summed E-state index contributed by atoms with van der Waals surface area (Å²) in [5, 5.41) is 0. The highest BCUT2D eigenvalue weighted by atomic mass is 32.2. The molecular formula is C26H26N2OS. The van der Waals surface area contributed by atoms with Crippen molar-refractivity contribution in [1.29, 1.82) is 0 Å². The summed E-state index contributed by atoms with van der Waals surface area (Å²) in [6.07, 6.45) is 3.66. The molecule has 3 aromatic carbocycles. The van der Waals surface area contributed by atoms with E-state index in [0.717, 1.165) is 42.2 Å². The van der Waals surface area contributed by atoms with Crippen molar-refractivity contribution in [3.63, 3.8) is 0 Å². The van der Waals surface area contributed by atoms with E-state index in [-0.39, 0.29) is 0 Å². The smallest absolute Gasteiger partial charge is 0.122 e. The lowest BCUT2D eigenvalue weighted by molar-refractivity contribution is 0.299. The maximum Gasteiger partial charge on any atom is 0.122 e. The third-order valence-electron chi connectivity index (χ3n) is 4.97. The summed E-state index contributed by atoms with van der Waals surface area (Å²) < 4.78 is 8.42. The molecule has 30 heavy (non-hydrogen) atoms. The fourth-order valence-corrected chi connectivity index (χ4v) is 4.39. The van der Waals surface area contributed by atoms with Crippen LogP contribution >= 0.6 is 11.8 Å². The van der Waals surface area contributed by atoms with Crippen LogP contribution in [-0.4, -0.2) is 16.2 Å². The van der Waals surface area contributed by atoms with Crippen LogP contribution in [0.2, 0.25) is 0 Å². The Labute approximate surface area is 182 Å². The van der Waals surface area contributed by atoms with Gasteiger partial charge in [-0.3, -0.25) is 0 Å². The Hall–Kier alpha value is -2.98. The van der Waals surface area contributed by atoms with Gasteiger partial charge < -0.3 is 9.30 Å². The van der Waals surface area contributed by atoms with Gasteiger partial charge in [0, 0.05) is 11.4 Å². The molecule has 0 unspecified atom stereocenters. The van der Waals surface area contributed by atoms with Crippen LogP contribution in [0.4, 0.5) is 0 Å². The first-order valence-corrected chi connectivity index (χ1v) is 11.3. The number of aryl methyl sites for hydroxylation is 1. The lowest BCUT2D eigenvalue weighted by atomic mass is 10.1. The number of aromatic nitrogens is 2. The fraction of sp³-hybridized carbons (Fsp3) is 0.192. The lowest BCUT2D eigenvalue weighted by Crippen LogP contribution is -2.08. The number of para-hydroxylation sites is 3. The minimum absolute atomic E-state index is 0.673. The number of allylic oxidation sites excluding steroid dienone is 1. The normalized spacial score (nSPS) is 10.9. The Balaban J connectivity index is 1.43. The minimum Gasteiger partial charge on any atom is -0.493 e. The number of thioether (sulfide) groups is 1. The van der Waals surface area contributed by atoms with Gasteiger partial charge in [0.1, 0.15) is 11.6 Å². The molecule has 0 aliphatic heterocycles. The summed E-state index contributed by atoms with van der Waals surface area (Å²) in [5.74, 6) is 2.91.